The number of hydrogen-bond donors (Lipinski definition) is 1. The number of aliphatic imine (C=N–C) groups is 1. The van der Waals surface area contributed by atoms with Crippen LogP contribution in [0.15, 0.2) is 71.7 Å². The van der Waals surface area contributed by atoms with Gasteiger partial charge in [0.05, 0.1) is 17.5 Å². The third kappa shape index (κ3) is 6.34. The molecule has 3 aromatic carbocycles. The smallest absolute Gasteiger partial charge is 0.406 e. The number of benzene rings is 3. The molecular formula is C28H25F5N2O2. The molecule has 2 atom stereocenters. The molecule has 4 nitrogen and oxygen atoms in total. The molecule has 37 heavy (non-hydrogen) atoms. The molecular weight excluding hydrogens is 491 g/mol. The fourth-order valence-corrected chi connectivity index (χ4v) is 4.30. The van der Waals surface area contributed by atoms with Crippen LogP contribution in [0.5, 0.6) is 5.75 Å². The third-order valence-corrected chi connectivity index (χ3v) is 5.85. The number of nitrogens with zero attached hydrogens (tertiary/aromatic N) is 1. The Morgan fingerprint density at radius 2 is 1.43 bits per heavy atom. The predicted molar refractivity (Wildman–Crippen MR) is 130 cm³/mol. The van der Waals surface area contributed by atoms with Gasteiger partial charge in [-0.1, -0.05) is 42.5 Å². The van der Waals surface area contributed by atoms with Crippen molar-refractivity contribution < 1.29 is 31.5 Å². The van der Waals surface area contributed by atoms with Crippen LogP contribution in [0.2, 0.25) is 0 Å². The highest BCUT2D eigenvalue weighted by molar-refractivity contribution is 6.05. The number of rotatable bonds is 5. The molecule has 3 aromatic rings. The van der Waals surface area contributed by atoms with Gasteiger partial charge in [0.1, 0.15) is 17.4 Å². The average Bonchev–Trinajstić information content (AvgIpc) is 3.23. The highest BCUT2D eigenvalue weighted by atomic mass is 19.4. The Balaban J connectivity index is 1.64. The van der Waals surface area contributed by atoms with Crippen molar-refractivity contribution in [1.29, 1.82) is 0 Å². The maximum absolute atomic E-state index is 14.5. The average molecular weight is 517 g/mol. The monoisotopic (exact) mass is 516 g/mol. The molecule has 0 radical (unpaired) electrons. The third-order valence-electron chi connectivity index (χ3n) is 5.85. The molecule has 9 heteroatoms. The van der Waals surface area contributed by atoms with Crippen molar-refractivity contribution in [2.24, 2.45) is 10.9 Å². The van der Waals surface area contributed by atoms with Gasteiger partial charge in [-0.05, 0) is 61.7 Å². The minimum atomic E-state index is -4.77. The van der Waals surface area contributed by atoms with E-state index in [0.717, 1.165) is 17.7 Å². The van der Waals surface area contributed by atoms with Crippen LogP contribution >= 0.6 is 0 Å². The summed E-state index contributed by atoms with van der Waals surface area (Å²) >= 11 is 0. The van der Waals surface area contributed by atoms with Gasteiger partial charge in [-0.15, -0.1) is 13.2 Å². The van der Waals surface area contributed by atoms with Crippen molar-refractivity contribution >= 4 is 11.6 Å². The second-order valence-electron chi connectivity index (χ2n) is 9.86. The molecule has 0 spiro atoms. The Morgan fingerprint density at radius 3 is 1.95 bits per heavy atom. The van der Waals surface area contributed by atoms with E-state index in [-0.39, 0.29) is 29.4 Å². The van der Waals surface area contributed by atoms with Crippen LogP contribution in [0.4, 0.5) is 22.0 Å². The second-order valence-corrected chi connectivity index (χ2v) is 9.86. The number of alkyl halides is 3. The van der Waals surface area contributed by atoms with Crippen LogP contribution in [0.1, 0.15) is 44.4 Å². The summed E-state index contributed by atoms with van der Waals surface area (Å²) in [7, 11) is 0. The van der Waals surface area contributed by atoms with E-state index in [1.807, 2.05) is 20.8 Å². The van der Waals surface area contributed by atoms with Gasteiger partial charge in [-0.3, -0.25) is 9.79 Å². The molecule has 1 aliphatic rings. The van der Waals surface area contributed by atoms with Gasteiger partial charge in [0, 0.05) is 17.7 Å². The largest absolute Gasteiger partial charge is 0.573 e. The lowest BCUT2D eigenvalue weighted by Gasteiger charge is -2.25. The first-order valence-electron chi connectivity index (χ1n) is 11.6. The van der Waals surface area contributed by atoms with E-state index in [9.17, 15) is 26.7 Å². The summed E-state index contributed by atoms with van der Waals surface area (Å²) in [6.07, 6.45) is -4.71. The van der Waals surface area contributed by atoms with E-state index < -0.39 is 35.5 Å². The number of carbonyl (C=O) groups is 1. The normalized spacial score (nSPS) is 17.9. The molecule has 1 heterocycles. The predicted octanol–water partition coefficient (Wildman–Crippen LogP) is 7.00. The van der Waals surface area contributed by atoms with Crippen LogP contribution in [0.25, 0.3) is 11.1 Å². The van der Waals surface area contributed by atoms with Crippen LogP contribution in [0, 0.1) is 17.6 Å². The van der Waals surface area contributed by atoms with E-state index in [4.69, 9.17) is 0 Å². The molecule has 0 saturated carbocycles. The van der Waals surface area contributed by atoms with Crippen molar-refractivity contribution in [3.63, 3.8) is 0 Å². The highest BCUT2D eigenvalue weighted by Gasteiger charge is 2.38. The zero-order valence-electron chi connectivity index (χ0n) is 20.4. The summed E-state index contributed by atoms with van der Waals surface area (Å²) in [6, 6.07) is 15.4. The highest BCUT2D eigenvalue weighted by Crippen LogP contribution is 2.39. The Kier molecular flexibility index (Phi) is 7.08. The van der Waals surface area contributed by atoms with Gasteiger partial charge >= 0.3 is 6.36 Å². The van der Waals surface area contributed by atoms with Gasteiger partial charge in [-0.25, -0.2) is 8.78 Å². The summed E-state index contributed by atoms with van der Waals surface area (Å²) in [5, 5.41) is 2.93. The van der Waals surface area contributed by atoms with Crippen molar-refractivity contribution in [1.82, 2.24) is 5.32 Å². The van der Waals surface area contributed by atoms with Crippen LogP contribution in [-0.2, 0) is 4.79 Å². The fourth-order valence-electron chi connectivity index (χ4n) is 4.30. The van der Waals surface area contributed by atoms with Crippen molar-refractivity contribution in [3.05, 3.63) is 89.5 Å². The lowest BCUT2D eigenvalue weighted by molar-refractivity contribution is -0.274. The quantitative estimate of drug-likeness (QED) is 0.372. The van der Waals surface area contributed by atoms with E-state index in [1.54, 1.807) is 24.3 Å². The number of ether oxygens (including phenoxy) is 1. The lowest BCUT2D eigenvalue weighted by atomic mass is 9.89. The van der Waals surface area contributed by atoms with E-state index in [1.165, 1.54) is 30.3 Å². The van der Waals surface area contributed by atoms with E-state index in [0.29, 0.717) is 11.1 Å². The minimum absolute atomic E-state index is 0.0624. The molecule has 0 aliphatic carbocycles. The fraction of sp³-hybridized carbons (Fsp3) is 0.286. The molecule has 2 unspecified atom stereocenters. The first-order chi connectivity index (χ1) is 17.3. The summed E-state index contributed by atoms with van der Waals surface area (Å²) in [6.45, 7) is 5.52. The molecule has 194 valence electrons. The Hall–Kier alpha value is -3.75. The number of nitrogens with one attached hydrogen (secondary N) is 1. The summed E-state index contributed by atoms with van der Waals surface area (Å²) in [4.78, 5) is 17.7. The summed E-state index contributed by atoms with van der Waals surface area (Å²) in [5.74, 6) is -2.78. The Labute approximate surface area is 211 Å². The first-order valence-corrected chi connectivity index (χ1v) is 11.6. The van der Waals surface area contributed by atoms with E-state index in [2.05, 4.69) is 15.0 Å². The molecule has 0 saturated heterocycles. The standard InChI is InChI=1S/C28H25F5N2O2/c1-27(2,3)35-26(36)20-15-23(24-21(29)5-4-6-22(24)30)34-25(20)18-9-7-16(8-10-18)17-11-13-19(14-12-17)37-28(31,32)33/h4-14,20,25H,15H2,1-3H3,(H,35,36). The number of hydrogen-bond acceptors (Lipinski definition) is 3. The SMILES string of the molecule is CC(C)(C)NC(=O)C1CC(c2c(F)cccc2F)=NC1c1ccc(-c2ccc(OC(F)(F)F)cc2)cc1. The van der Waals surface area contributed by atoms with Crippen molar-refractivity contribution in [3.8, 4) is 16.9 Å². The van der Waals surface area contributed by atoms with Crippen LogP contribution in [-0.4, -0.2) is 23.5 Å². The topological polar surface area (TPSA) is 50.7 Å². The van der Waals surface area contributed by atoms with Gasteiger partial charge in [0.2, 0.25) is 5.91 Å². The zero-order chi connectivity index (χ0) is 27.0. The molecule has 0 bridgehead atoms. The molecule has 1 aliphatic heterocycles. The lowest BCUT2D eigenvalue weighted by Crippen LogP contribution is -2.44. The molecule has 0 aromatic heterocycles. The maximum atomic E-state index is 14.5. The molecule has 1 N–H and O–H groups in total. The van der Waals surface area contributed by atoms with Gasteiger partial charge in [0.15, 0.2) is 0 Å². The Morgan fingerprint density at radius 1 is 0.892 bits per heavy atom. The van der Waals surface area contributed by atoms with E-state index >= 15 is 0 Å². The molecule has 0 fully saturated rings. The van der Waals surface area contributed by atoms with Crippen molar-refractivity contribution in [2.45, 2.75) is 45.1 Å². The van der Waals surface area contributed by atoms with Gasteiger partial charge < -0.3 is 10.1 Å². The van der Waals surface area contributed by atoms with Gasteiger partial charge in [-0.2, -0.15) is 0 Å². The number of amides is 1. The van der Waals surface area contributed by atoms with Gasteiger partial charge in [0.25, 0.3) is 0 Å². The van der Waals surface area contributed by atoms with Crippen LogP contribution in [0.3, 0.4) is 0 Å². The van der Waals surface area contributed by atoms with Crippen molar-refractivity contribution in [2.75, 3.05) is 0 Å². The maximum Gasteiger partial charge on any atom is 0.573 e. The summed E-state index contributed by atoms with van der Waals surface area (Å²) < 4.78 is 70.1. The number of halogens is 5. The van der Waals surface area contributed by atoms with Crippen LogP contribution < -0.4 is 10.1 Å². The second kappa shape index (κ2) is 9.95. The summed E-state index contributed by atoms with van der Waals surface area (Å²) in [5.41, 5.74) is 1.48. The molecule has 1 amide bonds. The number of carbonyl (C=O) groups excluding carboxylic acids is 1. The first kappa shape index (κ1) is 26.3. The Bertz CT molecular complexity index is 1290. The molecule has 4 rings (SSSR count). The minimum Gasteiger partial charge on any atom is -0.406 e. The zero-order valence-corrected chi connectivity index (χ0v) is 20.4.